The summed E-state index contributed by atoms with van der Waals surface area (Å²) in [5.41, 5.74) is 2.86. The molecule has 424 valence electrons. The van der Waals surface area contributed by atoms with Crippen molar-refractivity contribution in [3.8, 4) is 0 Å². The lowest BCUT2D eigenvalue weighted by molar-refractivity contribution is -0.140. The minimum Gasteiger partial charge on any atom is -0.375 e. The Morgan fingerprint density at radius 3 is 2.00 bits per heavy atom. The highest BCUT2D eigenvalue weighted by molar-refractivity contribution is 5.98. The van der Waals surface area contributed by atoms with Crippen molar-refractivity contribution in [2.24, 2.45) is 5.92 Å². The Labute approximate surface area is 464 Å². The molecule has 3 N–H and O–H groups in total. The van der Waals surface area contributed by atoms with Gasteiger partial charge in [-0.1, -0.05) is 61.7 Å². The number of halogens is 3. The zero-order chi connectivity index (χ0) is 55.7. The molecule has 10 rings (SSSR count). The van der Waals surface area contributed by atoms with E-state index in [2.05, 4.69) is 25.7 Å². The van der Waals surface area contributed by atoms with Gasteiger partial charge in [-0.15, -0.1) is 0 Å². The maximum absolute atomic E-state index is 15.1. The summed E-state index contributed by atoms with van der Waals surface area (Å²) < 4.78 is 49.0. The summed E-state index contributed by atoms with van der Waals surface area (Å²) in [7, 11) is 0. The number of nitrogens with one attached hydrogen (secondary N) is 3. The number of benzene rings is 4. The number of carbonyl (C=O) groups excluding carboxylic acids is 5. The third kappa shape index (κ3) is 13.8. The molecule has 19 heteroatoms. The van der Waals surface area contributed by atoms with E-state index in [0.717, 1.165) is 69.4 Å². The molecule has 1 saturated carbocycles. The number of aromatic nitrogens is 2. The van der Waals surface area contributed by atoms with Crippen molar-refractivity contribution >= 4 is 40.3 Å². The number of H-pyrrole nitrogens is 1. The summed E-state index contributed by atoms with van der Waals surface area (Å²) in [6.45, 7) is 5.42. The second kappa shape index (κ2) is 26.1. The van der Waals surface area contributed by atoms with E-state index in [1.807, 2.05) is 41.3 Å². The number of fused-ring (bicyclic) bond motifs is 1. The molecule has 0 unspecified atom stereocenters. The first kappa shape index (κ1) is 56.3. The highest BCUT2D eigenvalue weighted by Crippen LogP contribution is 2.31. The quantitative estimate of drug-likeness (QED) is 0.0980. The van der Waals surface area contributed by atoms with E-state index in [4.69, 9.17) is 4.74 Å². The first-order valence-electron chi connectivity index (χ1n) is 28.6. The van der Waals surface area contributed by atoms with E-state index in [1.54, 1.807) is 39.0 Å². The Morgan fingerprint density at radius 1 is 0.650 bits per heavy atom. The Morgan fingerprint density at radius 2 is 1.30 bits per heavy atom. The van der Waals surface area contributed by atoms with Crippen LogP contribution < -0.4 is 16.2 Å². The highest BCUT2D eigenvalue weighted by Gasteiger charge is 2.37. The predicted molar refractivity (Wildman–Crippen MR) is 295 cm³/mol. The smallest absolute Gasteiger partial charge is 0.272 e. The van der Waals surface area contributed by atoms with E-state index in [1.165, 1.54) is 18.2 Å². The number of hydrogen-bond donors (Lipinski definition) is 3. The second-order valence-electron chi connectivity index (χ2n) is 22.3. The minimum absolute atomic E-state index is 0.00365. The van der Waals surface area contributed by atoms with Gasteiger partial charge in [0.15, 0.2) is 0 Å². The first-order chi connectivity index (χ1) is 38.8. The number of likely N-dealkylation sites (tertiary alicyclic amines) is 3. The monoisotopic (exact) mass is 1100 g/mol. The second-order valence-corrected chi connectivity index (χ2v) is 22.3. The van der Waals surface area contributed by atoms with Gasteiger partial charge in [-0.3, -0.25) is 33.7 Å². The number of hydrogen-bond acceptors (Lipinski definition) is 10. The number of ether oxygens (including phenoxy) is 1. The molecule has 5 heterocycles. The molecule has 4 aromatic carbocycles. The maximum atomic E-state index is 15.1. The van der Waals surface area contributed by atoms with Crippen LogP contribution in [0.3, 0.4) is 0 Å². The number of amides is 5. The summed E-state index contributed by atoms with van der Waals surface area (Å²) >= 11 is 0. The Bertz CT molecular complexity index is 3070. The van der Waals surface area contributed by atoms with E-state index < -0.39 is 29.4 Å². The zero-order valence-electron chi connectivity index (χ0n) is 45.3. The van der Waals surface area contributed by atoms with Crippen molar-refractivity contribution in [2.45, 2.75) is 108 Å². The molecule has 5 fully saturated rings. The van der Waals surface area contributed by atoms with Crippen LogP contribution in [0.5, 0.6) is 0 Å². The number of piperidine rings is 3. The molecule has 5 amide bonds. The van der Waals surface area contributed by atoms with Gasteiger partial charge in [0.25, 0.3) is 17.4 Å². The van der Waals surface area contributed by atoms with Crippen molar-refractivity contribution in [3.63, 3.8) is 0 Å². The lowest BCUT2D eigenvalue weighted by Crippen LogP contribution is -2.55. The van der Waals surface area contributed by atoms with Gasteiger partial charge < -0.3 is 35.0 Å². The van der Waals surface area contributed by atoms with Crippen LogP contribution in [0.4, 0.5) is 13.2 Å². The fourth-order valence-electron chi connectivity index (χ4n) is 12.4. The largest absolute Gasteiger partial charge is 0.375 e. The van der Waals surface area contributed by atoms with Crippen LogP contribution in [0.15, 0.2) is 89.7 Å². The first-order valence-corrected chi connectivity index (χ1v) is 28.6. The lowest BCUT2D eigenvalue weighted by atomic mass is 9.83. The summed E-state index contributed by atoms with van der Waals surface area (Å²) in [6, 6.07) is 22.0. The maximum Gasteiger partial charge on any atom is 0.272 e. The molecule has 0 bridgehead atoms. The van der Waals surface area contributed by atoms with Crippen LogP contribution in [0.25, 0.3) is 10.8 Å². The minimum atomic E-state index is -0.648. The van der Waals surface area contributed by atoms with Crippen LogP contribution in [-0.4, -0.2) is 161 Å². The van der Waals surface area contributed by atoms with E-state index >= 15 is 4.39 Å². The topological polar surface area (TPSA) is 181 Å². The Balaban J connectivity index is 0.632. The molecule has 4 saturated heterocycles. The van der Waals surface area contributed by atoms with Crippen molar-refractivity contribution in [1.82, 2.24) is 45.3 Å². The third-order valence-corrected chi connectivity index (χ3v) is 17.1. The van der Waals surface area contributed by atoms with Gasteiger partial charge in [-0.05, 0) is 111 Å². The van der Waals surface area contributed by atoms with Gasteiger partial charge in [0.05, 0.1) is 41.9 Å². The van der Waals surface area contributed by atoms with Crippen molar-refractivity contribution < 1.29 is 41.9 Å². The van der Waals surface area contributed by atoms with Gasteiger partial charge in [0.2, 0.25) is 17.7 Å². The molecule has 5 aromatic rings. The van der Waals surface area contributed by atoms with Crippen LogP contribution in [-0.2, 0) is 32.1 Å². The van der Waals surface area contributed by atoms with E-state index in [0.29, 0.717) is 105 Å². The van der Waals surface area contributed by atoms with E-state index in [9.17, 15) is 37.5 Å². The summed E-state index contributed by atoms with van der Waals surface area (Å²) in [5.74, 6) is -2.43. The fourth-order valence-corrected chi connectivity index (χ4v) is 12.4. The molecule has 1 aliphatic carbocycles. The number of carbonyl (C=O) groups is 5. The number of rotatable bonds is 16. The van der Waals surface area contributed by atoms with Crippen LogP contribution >= 0.6 is 0 Å². The third-order valence-electron chi connectivity index (χ3n) is 17.1. The van der Waals surface area contributed by atoms with Crippen molar-refractivity contribution in [3.05, 3.63) is 146 Å². The van der Waals surface area contributed by atoms with E-state index in [-0.39, 0.29) is 91.5 Å². The molecular weight excluding hydrogens is 1030 g/mol. The Kier molecular flexibility index (Phi) is 18.4. The van der Waals surface area contributed by atoms with Gasteiger partial charge in [-0.2, -0.15) is 5.10 Å². The zero-order valence-corrected chi connectivity index (χ0v) is 45.3. The molecule has 80 heavy (non-hydrogen) atoms. The molecule has 0 spiro atoms. The summed E-state index contributed by atoms with van der Waals surface area (Å²) in [4.78, 5) is 89.7. The lowest BCUT2D eigenvalue weighted by Gasteiger charge is -2.40. The fraction of sp³-hybridized carbons (Fsp3) is 0.492. The average molecular weight is 1100 g/mol. The van der Waals surface area contributed by atoms with Gasteiger partial charge >= 0.3 is 0 Å². The summed E-state index contributed by atoms with van der Waals surface area (Å²) in [6.07, 6.45) is 9.83. The average Bonchev–Trinajstić information content (AvgIpc) is 3.49. The number of aromatic amines is 1. The van der Waals surface area contributed by atoms with Crippen LogP contribution in [0, 0.1) is 23.4 Å². The van der Waals surface area contributed by atoms with Gasteiger partial charge in [-0.25, -0.2) is 18.3 Å². The molecule has 1 atom stereocenters. The molecule has 1 aromatic heterocycles. The SMILES string of the molecule is O=C(N[C@@H](C(=O)N1CCC(OC2CCN(CC(=O)N3CCN(C(=O)c4cc(Cc5n[nH]c(=O)c6ccccc56)ccc4F)CC3)CC2)CC1)C1CCCCC1)c1ccc(C2CCN(C(=O)CNCc3ccc(F)cc3F)CC2)cc1. The standard InChI is InChI=1S/C61H72F3N9O7/c62-46-16-15-45(53(64)36-46)37-65-38-55(74)70-26-18-42(19-27-70)41-11-13-44(14-12-41)58(76)66-57(43-6-2-1-3-7-43)61(79)72-28-22-48(23-29-72)80-47-20-24-69(25-21-47)39-56(75)71-30-32-73(33-31-71)60(78)51-34-40(10-17-52(51)63)35-54-49-8-4-5-9-50(49)59(77)68-67-54/h4-5,8-17,34,36,42-43,47-48,57,65H,1-3,6-7,18-33,35,37-39H2,(H,66,76)(H,68,77)/t57-/m1/s1. The normalized spacial score (nSPS) is 18.8. The predicted octanol–water partition coefficient (Wildman–Crippen LogP) is 6.56. The molecule has 5 aliphatic rings. The molecular formula is C61H72F3N9O7. The molecule has 16 nitrogen and oxygen atoms in total. The van der Waals surface area contributed by atoms with Crippen molar-refractivity contribution in [2.75, 3.05) is 78.5 Å². The number of nitrogens with zero attached hydrogens (tertiary/aromatic N) is 6. The van der Waals surface area contributed by atoms with Crippen LogP contribution in [0.1, 0.15) is 120 Å². The Hall–Kier alpha value is -6.96. The number of piperazine rings is 1. The molecule has 4 aliphatic heterocycles. The highest BCUT2D eigenvalue weighted by atomic mass is 19.1. The van der Waals surface area contributed by atoms with Crippen LogP contribution in [0.2, 0.25) is 0 Å². The summed E-state index contributed by atoms with van der Waals surface area (Å²) in [5, 5.41) is 14.1. The van der Waals surface area contributed by atoms with Gasteiger partial charge in [0.1, 0.15) is 23.5 Å². The van der Waals surface area contributed by atoms with Gasteiger partial charge in [0, 0.05) is 101 Å². The van der Waals surface area contributed by atoms with Crippen molar-refractivity contribution in [1.29, 1.82) is 0 Å². The molecule has 0 radical (unpaired) electrons.